The van der Waals surface area contributed by atoms with Crippen LogP contribution in [0.15, 0.2) is 95.4 Å². The third kappa shape index (κ3) is 4.75. The lowest BCUT2D eigenvalue weighted by molar-refractivity contribution is 0.0997. The second-order valence-corrected chi connectivity index (χ2v) is 8.96. The molecule has 1 aromatic heterocycles. The van der Waals surface area contributed by atoms with Crippen molar-refractivity contribution in [1.82, 2.24) is 4.90 Å². The molecule has 1 saturated heterocycles. The zero-order chi connectivity index (χ0) is 23.5. The Morgan fingerprint density at radius 3 is 2.21 bits per heavy atom. The van der Waals surface area contributed by atoms with Gasteiger partial charge in [-0.3, -0.25) is 4.79 Å². The Kier molecular flexibility index (Phi) is 6.19. The van der Waals surface area contributed by atoms with Gasteiger partial charge in [0.1, 0.15) is 5.76 Å². The number of anilines is 2. The first-order valence-electron chi connectivity index (χ1n) is 11.7. The highest BCUT2D eigenvalue weighted by atomic mass is 16.3. The van der Waals surface area contributed by atoms with Gasteiger partial charge in [0.2, 0.25) is 0 Å². The summed E-state index contributed by atoms with van der Waals surface area (Å²) in [6.07, 6.45) is 1.17. The summed E-state index contributed by atoms with van der Waals surface area (Å²) < 4.78 is 5.86. The molecule has 34 heavy (non-hydrogen) atoms. The quantitative estimate of drug-likeness (QED) is 0.390. The topological polar surface area (TPSA) is 48.7 Å². The molecule has 0 bridgehead atoms. The molecule has 2 heterocycles. The molecular weight excluding hydrogens is 422 g/mol. The number of benzene rings is 3. The standard InChI is InChI=1S/C29H29N3O2/c1-31(2)26-18-19-32(20-26)25-14-12-24(13-15-25)30-29(33)28-17-16-27(34-28)23-10-8-22(9-11-23)21-6-4-3-5-7-21/h3-17,26H,18-20H2,1-2H3,(H,30,33). The molecule has 5 rings (SSSR count). The van der Waals surface area contributed by atoms with Gasteiger partial charge in [-0.2, -0.15) is 0 Å². The minimum atomic E-state index is -0.256. The summed E-state index contributed by atoms with van der Waals surface area (Å²) >= 11 is 0. The Morgan fingerprint density at radius 2 is 1.53 bits per heavy atom. The van der Waals surface area contributed by atoms with E-state index in [9.17, 15) is 4.79 Å². The van der Waals surface area contributed by atoms with Crippen molar-refractivity contribution in [3.05, 3.63) is 96.8 Å². The fraction of sp³-hybridized carbons (Fsp3) is 0.207. The Hall–Kier alpha value is -3.83. The molecule has 1 aliphatic heterocycles. The van der Waals surface area contributed by atoms with Crippen LogP contribution in [0.1, 0.15) is 17.0 Å². The Labute approximate surface area is 200 Å². The summed E-state index contributed by atoms with van der Waals surface area (Å²) in [4.78, 5) is 17.4. The van der Waals surface area contributed by atoms with E-state index in [2.05, 4.69) is 65.6 Å². The van der Waals surface area contributed by atoms with Gasteiger partial charge in [0.25, 0.3) is 5.91 Å². The first-order chi connectivity index (χ1) is 16.6. The molecule has 0 spiro atoms. The molecule has 1 unspecified atom stereocenters. The van der Waals surface area contributed by atoms with E-state index in [1.54, 1.807) is 6.07 Å². The SMILES string of the molecule is CN(C)C1CCN(c2ccc(NC(=O)c3ccc(-c4ccc(-c5ccccc5)cc4)o3)cc2)C1. The summed E-state index contributed by atoms with van der Waals surface area (Å²) in [6, 6.07) is 30.6. The number of hydrogen-bond acceptors (Lipinski definition) is 4. The molecule has 1 aliphatic rings. The van der Waals surface area contributed by atoms with Crippen LogP contribution < -0.4 is 10.2 Å². The molecule has 1 fully saturated rings. The largest absolute Gasteiger partial charge is 0.451 e. The zero-order valence-corrected chi connectivity index (χ0v) is 19.6. The molecule has 172 valence electrons. The average molecular weight is 452 g/mol. The van der Waals surface area contributed by atoms with Crippen molar-refractivity contribution in [1.29, 1.82) is 0 Å². The molecule has 3 aromatic carbocycles. The van der Waals surface area contributed by atoms with Crippen molar-refractivity contribution in [2.24, 2.45) is 0 Å². The van der Waals surface area contributed by atoms with Gasteiger partial charge < -0.3 is 19.5 Å². The molecule has 5 heteroatoms. The number of nitrogens with zero attached hydrogens (tertiary/aromatic N) is 2. The molecule has 5 nitrogen and oxygen atoms in total. The summed E-state index contributed by atoms with van der Waals surface area (Å²) in [5, 5.41) is 2.94. The highest BCUT2D eigenvalue weighted by Gasteiger charge is 2.24. The van der Waals surface area contributed by atoms with E-state index in [1.165, 1.54) is 17.7 Å². The van der Waals surface area contributed by atoms with Crippen LogP contribution in [-0.4, -0.2) is 44.0 Å². The molecule has 0 radical (unpaired) electrons. The van der Waals surface area contributed by atoms with Gasteiger partial charge in [-0.25, -0.2) is 0 Å². The molecular formula is C29H29N3O2. The number of carbonyl (C=O) groups is 1. The van der Waals surface area contributed by atoms with Gasteiger partial charge >= 0.3 is 0 Å². The van der Waals surface area contributed by atoms with E-state index >= 15 is 0 Å². The molecule has 4 aromatic rings. The van der Waals surface area contributed by atoms with Crippen LogP contribution >= 0.6 is 0 Å². The molecule has 0 aliphatic carbocycles. The van der Waals surface area contributed by atoms with Crippen LogP contribution in [0.25, 0.3) is 22.5 Å². The van der Waals surface area contributed by atoms with Gasteiger partial charge in [-0.1, -0.05) is 54.6 Å². The van der Waals surface area contributed by atoms with Crippen molar-refractivity contribution < 1.29 is 9.21 Å². The number of carbonyl (C=O) groups excluding carboxylic acids is 1. The first-order valence-corrected chi connectivity index (χ1v) is 11.7. The summed E-state index contributed by atoms with van der Waals surface area (Å²) in [7, 11) is 4.26. The Morgan fingerprint density at radius 1 is 0.853 bits per heavy atom. The van der Waals surface area contributed by atoms with E-state index in [4.69, 9.17) is 4.42 Å². The lowest BCUT2D eigenvalue weighted by Gasteiger charge is -2.22. The third-order valence-corrected chi connectivity index (χ3v) is 6.49. The van der Waals surface area contributed by atoms with Gasteiger partial charge in [-0.15, -0.1) is 0 Å². The number of rotatable bonds is 6. The highest BCUT2D eigenvalue weighted by Crippen LogP contribution is 2.27. The predicted molar refractivity (Wildman–Crippen MR) is 138 cm³/mol. The second kappa shape index (κ2) is 9.57. The van der Waals surface area contributed by atoms with Crippen LogP contribution in [0.5, 0.6) is 0 Å². The zero-order valence-electron chi connectivity index (χ0n) is 19.6. The predicted octanol–water partition coefficient (Wildman–Crippen LogP) is 6.01. The van der Waals surface area contributed by atoms with Gasteiger partial charge in [0, 0.05) is 36.1 Å². The normalized spacial score (nSPS) is 15.6. The Balaban J connectivity index is 1.22. The first kappa shape index (κ1) is 22.0. The van der Waals surface area contributed by atoms with Crippen molar-refractivity contribution in [2.75, 3.05) is 37.4 Å². The Bertz CT molecular complexity index is 1240. The fourth-order valence-corrected chi connectivity index (χ4v) is 4.42. The molecule has 0 saturated carbocycles. The van der Waals surface area contributed by atoms with Crippen molar-refractivity contribution >= 4 is 17.3 Å². The molecule has 1 amide bonds. The summed E-state index contributed by atoms with van der Waals surface area (Å²) in [5.74, 6) is 0.706. The smallest absolute Gasteiger partial charge is 0.291 e. The number of furan rings is 1. The van der Waals surface area contributed by atoms with E-state index in [1.807, 2.05) is 48.5 Å². The molecule has 1 N–H and O–H groups in total. The van der Waals surface area contributed by atoms with E-state index < -0.39 is 0 Å². The van der Waals surface area contributed by atoms with Gasteiger partial charge in [-0.05, 0) is 68.0 Å². The minimum Gasteiger partial charge on any atom is -0.451 e. The fourth-order valence-electron chi connectivity index (χ4n) is 4.42. The number of amides is 1. The lowest BCUT2D eigenvalue weighted by atomic mass is 10.0. The maximum absolute atomic E-state index is 12.7. The number of hydrogen-bond donors (Lipinski definition) is 1. The average Bonchev–Trinajstić information content (AvgIpc) is 3.56. The van der Waals surface area contributed by atoms with Crippen molar-refractivity contribution in [3.63, 3.8) is 0 Å². The van der Waals surface area contributed by atoms with Crippen molar-refractivity contribution in [2.45, 2.75) is 12.5 Å². The van der Waals surface area contributed by atoms with E-state index in [0.717, 1.165) is 29.9 Å². The maximum atomic E-state index is 12.7. The van der Waals surface area contributed by atoms with E-state index in [-0.39, 0.29) is 5.91 Å². The van der Waals surface area contributed by atoms with Gasteiger partial charge in [0.15, 0.2) is 5.76 Å². The lowest BCUT2D eigenvalue weighted by Crippen LogP contribution is -2.31. The monoisotopic (exact) mass is 451 g/mol. The summed E-state index contributed by atoms with van der Waals surface area (Å²) in [5.41, 5.74) is 5.18. The summed E-state index contributed by atoms with van der Waals surface area (Å²) in [6.45, 7) is 2.08. The van der Waals surface area contributed by atoms with Crippen LogP contribution in [0.2, 0.25) is 0 Å². The van der Waals surface area contributed by atoms with Gasteiger partial charge in [0.05, 0.1) is 0 Å². The number of nitrogens with one attached hydrogen (secondary N) is 1. The van der Waals surface area contributed by atoms with Crippen LogP contribution in [-0.2, 0) is 0 Å². The molecule has 1 atom stereocenters. The van der Waals surface area contributed by atoms with Crippen LogP contribution in [0, 0.1) is 0 Å². The van der Waals surface area contributed by atoms with Crippen LogP contribution in [0.3, 0.4) is 0 Å². The number of likely N-dealkylation sites (N-methyl/N-ethyl adjacent to an activating group) is 1. The highest BCUT2D eigenvalue weighted by molar-refractivity contribution is 6.02. The van der Waals surface area contributed by atoms with Crippen LogP contribution in [0.4, 0.5) is 11.4 Å². The van der Waals surface area contributed by atoms with E-state index in [0.29, 0.717) is 17.6 Å². The minimum absolute atomic E-state index is 0.256. The maximum Gasteiger partial charge on any atom is 0.291 e. The third-order valence-electron chi connectivity index (χ3n) is 6.49. The van der Waals surface area contributed by atoms with Crippen molar-refractivity contribution in [3.8, 4) is 22.5 Å². The second-order valence-electron chi connectivity index (χ2n) is 8.96.